The Labute approximate surface area is 126 Å². The molecule has 4 nitrogen and oxygen atoms in total. The number of aromatic nitrogens is 2. The first kappa shape index (κ1) is 13.9. The largest absolute Gasteiger partial charge is 0.322 e. The van der Waals surface area contributed by atoms with Crippen LogP contribution in [0.25, 0.3) is 11.3 Å². The van der Waals surface area contributed by atoms with Crippen LogP contribution in [0.2, 0.25) is 0 Å². The lowest BCUT2D eigenvalue weighted by Crippen LogP contribution is -2.12. The SMILES string of the molecule is O=C(Nc1ccncc1)c1ccc(-c2cccc(F)c2)nc1. The van der Waals surface area contributed by atoms with Crippen molar-refractivity contribution in [3.63, 3.8) is 0 Å². The van der Waals surface area contributed by atoms with E-state index < -0.39 is 0 Å². The van der Waals surface area contributed by atoms with E-state index in [1.165, 1.54) is 18.3 Å². The number of carbonyl (C=O) groups excluding carboxylic acids is 1. The van der Waals surface area contributed by atoms with Crippen LogP contribution in [-0.4, -0.2) is 15.9 Å². The first-order valence-electron chi connectivity index (χ1n) is 6.66. The Morgan fingerprint density at radius 3 is 2.55 bits per heavy atom. The van der Waals surface area contributed by atoms with Crippen LogP contribution < -0.4 is 5.32 Å². The summed E-state index contributed by atoms with van der Waals surface area (Å²) in [6.07, 6.45) is 4.67. The Morgan fingerprint density at radius 1 is 1.05 bits per heavy atom. The number of pyridine rings is 2. The lowest BCUT2D eigenvalue weighted by Gasteiger charge is -2.06. The van der Waals surface area contributed by atoms with Gasteiger partial charge in [-0.3, -0.25) is 14.8 Å². The summed E-state index contributed by atoms with van der Waals surface area (Å²) in [4.78, 5) is 20.2. The van der Waals surface area contributed by atoms with Gasteiger partial charge in [-0.1, -0.05) is 12.1 Å². The number of carbonyl (C=O) groups is 1. The van der Waals surface area contributed by atoms with E-state index in [9.17, 15) is 9.18 Å². The number of nitrogens with zero attached hydrogens (tertiary/aromatic N) is 2. The van der Waals surface area contributed by atoms with Gasteiger partial charge in [0.1, 0.15) is 5.82 Å². The Balaban J connectivity index is 1.78. The van der Waals surface area contributed by atoms with Gasteiger partial charge in [0.25, 0.3) is 5.91 Å². The van der Waals surface area contributed by atoms with Crippen molar-refractivity contribution in [2.45, 2.75) is 0 Å². The molecule has 0 aliphatic heterocycles. The molecule has 2 aromatic heterocycles. The second-order valence-corrected chi connectivity index (χ2v) is 4.63. The Kier molecular flexibility index (Phi) is 3.87. The molecule has 5 heteroatoms. The summed E-state index contributed by atoms with van der Waals surface area (Å²) in [5.41, 5.74) is 2.37. The monoisotopic (exact) mass is 293 g/mol. The molecule has 1 N–H and O–H groups in total. The van der Waals surface area contributed by atoms with Crippen molar-refractivity contribution >= 4 is 11.6 Å². The number of rotatable bonds is 3. The summed E-state index contributed by atoms with van der Waals surface area (Å²) < 4.78 is 13.2. The third kappa shape index (κ3) is 3.15. The zero-order chi connectivity index (χ0) is 15.4. The molecule has 0 fully saturated rings. The predicted octanol–water partition coefficient (Wildman–Crippen LogP) is 3.54. The molecule has 0 unspecified atom stereocenters. The van der Waals surface area contributed by atoms with Crippen LogP contribution in [0.5, 0.6) is 0 Å². The summed E-state index contributed by atoms with van der Waals surface area (Å²) in [5.74, 6) is -0.580. The van der Waals surface area contributed by atoms with Gasteiger partial charge in [0.2, 0.25) is 0 Å². The lowest BCUT2D eigenvalue weighted by molar-refractivity contribution is 0.102. The summed E-state index contributed by atoms with van der Waals surface area (Å²) in [6.45, 7) is 0. The van der Waals surface area contributed by atoms with E-state index in [2.05, 4.69) is 15.3 Å². The highest BCUT2D eigenvalue weighted by Crippen LogP contribution is 2.18. The topological polar surface area (TPSA) is 54.9 Å². The van der Waals surface area contributed by atoms with E-state index in [0.717, 1.165) is 0 Å². The number of benzene rings is 1. The predicted molar refractivity (Wildman–Crippen MR) is 81.8 cm³/mol. The second-order valence-electron chi connectivity index (χ2n) is 4.63. The fourth-order valence-corrected chi connectivity index (χ4v) is 1.99. The first-order valence-corrected chi connectivity index (χ1v) is 6.66. The first-order chi connectivity index (χ1) is 10.7. The summed E-state index contributed by atoms with van der Waals surface area (Å²) in [7, 11) is 0. The number of hydrogen-bond acceptors (Lipinski definition) is 3. The smallest absolute Gasteiger partial charge is 0.257 e. The maximum atomic E-state index is 13.2. The van der Waals surface area contributed by atoms with Gasteiger partial charge in [-0.2, -0.15) is 0 Å². The quantitative estimate of drug-likeness (QED) is 0.803. The number of nitrogens with one attached hydrogen (secondary N) is 1. The Morgan fingerprint density at radius 2 is 1.86 bits per heavy atom. The maximum Gasteiger partial charge on any atom is 0.257 e. The van der Waals surface area contributed by atoms with Gasteiger partial charge in [-0.15, -0.1) is 0 Å². The van der Waals surface area contributed by atoms with Gasteiger partial charge >= 0.3 is 0 Å². The molecule has 0 aliphatic rings. The van der Waals surface area contributed by atoms with Crippen molar-refractivity contribution in [2.24, 2.45) is 0 Å². The Bertz CT molecular complexity index is 789. The minimum Gasteiger partial charge on any atom is -0.322 e. The average Bonchev–Trinajstić information content (AvgIpc) is 2.56. The van der Waals surface area contributed by atoms with Gasteiger partial charge < -0.3 is 5.32 Å². The molecule has 0 aliphatic carbocycles. The molecular weight excluding hydrogens is 281 g/mol. The highest BCUT2D eigenvalue weighted by atomic mass is 19.1. The number of amides is 1. The van der Waals surface area contributed by atoms with E-state index in [-0.39, 0.29) is 11.7 Å². The lowest BCUT2D eigenvalue weighted by atomic mass is 10.1. The normalized spacial score (nSPS) is 10.2. The molecule has 0 saturated heterocycles. The van der Waals surface area contributed by atoms with Gasteiger partial charge in [0.05, 0.1) is 11.3 Å². The number of hydrogen-bond donors (Lipinski definition) is 1. The van der Waals surface area contributed by atoms with Crippen molar-refractivity contribution < 1.29 is 9.18 Å². The van der Waals surface area contributed by atoms with Crippen LogP contribution in [0, 0.1) is 5.82 Å². The highest BCUT2D eigenvalue weighted by molar-refractivity contribution is 6.04. The zero-order valence-corrected chi connectivity index (χ0v) is 11.5. The fraction of sp³-hybridized carbons (Fsp3) is 0. The van der Waals surface area contributed by atoms with Crippen LogP contribution >= 0.6 is 0 Å². The summed E-state index contributed by atoms with van der Waals surface area (Å²) >= 11 is 0. The van der Waals surface area contributed by atoms with Crippen LogP contribution in [0.15, 0.2) is 67.1 Å². The van der Waals surface area contributed by atoms with E-state index >= 15 is 0 Å². The minimum absolute atomic E-state index is 0.260. The van der Waals surface area contributed by atoms with E-state index in [1.807, 2.05) is 0 Å². The van der Waals surface area contributed by atoms with Crippen LogP contribution in [-0.2, 0) is 0 Å². The molecule has 3 aromatic rings. The van der Waals surface area contributed by atoms with Crippen LogP contribution in [0.3, 0.4) is 0 Å². The van der Waals surface area contributed by atoms with Gasteiger partial charge in [0.15, 0.2) is 0 Å². The number of anilines is 1. The second kappa shape index (κ2) is 6.13. The molecule has 3 rings (SSSR count). The molecule has 108 valence electrons. The number of halogens is 1. The molecule has 0 bridgehead atoms. The van der Waals surface area contributed by atoms with Crippen LogP contribution in [0.1, 0.15) is 10.4 Å². The van der Waals surface area contributed by atoms with Crippen molar-refractivity contribution in [1.82, 2.24) is 9.97 Å². The molecule has 1 aromatic carbocycles. The van der Waals surface area contributed by atoms with Crippen LogP contribution in [0.4, 0.5) is 10.1 Å². The van der Waals surface area contributed by atoms with Crippen molar-refractivity contribution in [2.75, 3.05) is 5.32 Å². The standard InChI is InChI=1S/C17H12FN3O/c18-14-3-1-2-12(10-14)16-5-4-13(11-20-16)17(22)21-15-6-8-19-9-7-15/h1-11H,(H,19,21,22). The Hall–Kier alpha value is -3.08. The summed E-state index contributed by atoms with van der Waals surface area (Å²) in [6, 6.07) is 12.9. The van der Waals surface area contributed by atoms with Gasteiger partial charge in [0, 0.05) is 29.8 Å². The zero-order valence-electron chi connectivity index (χ0n) is 11.5. The average molecular weight is 293 g/mol. The molecule has 0 atom stereocenters. The molecule has 0 saturated carbocycles. The molecule has 1 amide bonds. The molecule has 0 spiro atoms. The van der Waals surface area contributed by atoms with E-state index in [1.54, 1.807) is 48.8 Å². The van der Waals surface area contributed by atoms with Crippen molar-refractivity contribution in [3.8, 4) is 11.3 Å². The maximum absolute atomic E-state index is 13.2. The molecule has 2 heterocycles. The molecular formula is C17H12FN3O. The van der Waals surface area contributed by atoms with E-state index in [4.69, 9.17) is 0 Å². The summed E-state index contributed by atoms with van der Waals surface area (Å²) in [5, 5.41) is 2.75. The highest BCUT2D eigenvalue weighted by Gasteiger charge is 2.07. The molecule has 0 radical (unpaired) electrons. The third-order valence-electron chi connectivity index (χ3n) is 3.08. The van der Waals surface area contributed by atoms with Gasteiger partial charge in [-0.05, 0) is 36.4 Å². The molecule has 22 heavy (non-hydrogen) atoms. The third-order valence-corrected chi connectivity index (χ3v) is 3.08. The van der Waals surface area contributed by atoms with E-state index in [0.29, 0.717) is 22.5 Å². The van der Waals surface area contributed by atoms with Gasteiger partial charge in [-0.25, -0.2) is 4.39 Å². The fourth-order valence-electron chi connectivity index (χ4n) is 1.99. The minimum atomic E-state index is -0.321. The van der Waals surface area contributed by atoms with Crippen molar-refractivity contribution in [1.29, 1.82) is 0 Å². The van der Waals surface area contributed by atoms with Crippen molar-refractivity contribution in [3.05, 3.63) is 78.5 Å².